The molecule has 0 aliphatic heterocycles. The standard InChI is InChI=1S/C25H32FN3O4/c1-2-33-23(30)13-8-14-28-24(31)19-15-20(26)21(27-17-9-4-3-5-10-17)16-22(19)29(25(28)32)18-11-6-7-12-18/h8,13,15-18,27H,2-7,9-12,14H2,1H3. The number of hydrogen-bond acceptors (Lipinski definition) is 5. The minimum atomic E-state index is -0.555. The smallest absolute Gasteiger partial charge is 0.332 e. The SMILES string of the molecule is CCOC(=O)C=CCn1c(=O)c2cc(F)c(NC3CCCCC3)cc2n(C2CCCC2)c1=O. The molecule has 4 rings (SSSR count). The third kappa shape index (κ3) is 5.04. The minimum absolute atomic E-state index is 0.0334. The van der Waals surface area contributed by atoms with Gasteiger partial charge in [-0.3, -0.25) is 13.9 Å². The number of nitrogens with zero attached hydrogens (tertiary/aromatic N) is 2. The number of aromatic nitrogens is 2. The Kier molecular flexibility index (Phi) is 7.30. The van der Waals surface area contributed by atoms with E-state index in [1.807, 2.05) is 0 Å². The van der Waals surface area contributed by atoms with E-state index in [4.69, 9.17) is 4.74 Å². The molecule has 2 saturated carbocycles. The van der Waals surface area contributed by atoms with Gasteiger partial charge in [-0.15, -0.1) is 0 Å². The molecule has 0 unspecified atom stereocenters. The molecule has 0 bridgehead atoms. The Morgan fingerprint density at radius 1 is 1.12 bits per heavy atom. The van der Waals surface area contributed by atoms with Gasteiger partial charge in [0.05, 0.1) is 23.2 Å². The van der Waals surface area contributed by atoms with Gasteiger partial charge in [-0.2, -0.15) is 0 Å². The fourth-order valence-corrected chi connectivity index (χ4v) is 5.10. The number of halogens is 1. The van der Waals surface area contributed by atoms with Gasteiger partial charge in [0.2, 0.25) is 0 Å². The minimum Gasteiger partial charge on any atom is -0.463 e. The molecule has 7 nitrogen and oxygen atoms in total. The summed E-state index contributed by atoms with van der Waals surface area (Å²) in [6, 6.07) is 3.05. The van der Waals surface area contributed by atoms with Crippen LogP contribution in [0, 0.1) is 5.82 Å². The molecular weight excluding hydrogens is 425 g/mol. The highest BCUT2D eigenvalue weighted by Crippen LogP contribution is 2.32. The van der Waals surface area contributed by atoms with Crippen molar-refractivity contribution in [3.63, 3.8) is 0 Å². The molecule has 0 radical (unpaired) electrons. The zero-order valence-electron chi connectivity index (χ0n) is 19.1. The van der Waals surface area contributed by atoms with Gasteiger partial charge in [0.15, 0.2) is 0 Å². The number of esters is 1. The van der Waals surface area contributed by atoms with Crippen LogP contribution in [-0.2, 0) is 16.1 Å². The van der Waals surface area contributed by atoms with Crippen LogP contribution in [0.4, 0.5) is 10.1 Å². The van der Waals surface area contributed by atoms with Crippen molar-refractivity contribution in [1.29, 1.82) is 0 Å². The number of nitrogens with one attached hydrogen (secondary N) is 1. The number of rotatable bonds is 7. The maximum absolute atomic E-state index is 15.1. The number of benzene rings is 1. The molecule has 1 aromatic heterocycles. The molecule has 0 saturated heterocycles. The second-order valence-corrected chi connectivity index (χ2v) is 8.99. The van der Waals surface area contributed by atoms with Crippen LogP contribution >= 0.6 is 0 Å². The van der Waals surface area contributed by atoms with Crippen LogP contribution in [0.5, 0.6) is 0 Å². The molecule has 0 amide bonds. The number of allylic oxidation sites excluding steroid dienone is 1. The summed E-state index contributed by atoms with van der Waals surface area (Å²) in [5.41, 5.74) is -0.161. The topological polar surface area (TPSA) is 82.3 Å². The number of fused-ring (bicyclic) bond motifs is 1. The van der Waals surface area contributed by atoms with E-state index < -0.39 is 23.0 Å². The fraction of sp³-hybridized carbons (Fsp3) is 0.560. The fourth-order valence-electron chi connectivity index (χ4n) is 5.10. The zero-order chi connectivity index (χ0) is 23.4. The highest BCUT2D eigenvalue weighted by atomic mass is 19.1. The van der Waals surface area contributed by atoms with Gasteiger partial charge in [-0.05, 0) is 44.7 Å². The van der Waals surface area contributed by atoms with Crippen LogP contribution in [0.25, 0.3) is 10.9 Å². The van der Waals surface area contributed by atoms with Crippen LogP contribution < -0.4 is 16.6 Å². The molecule has 2 fully saturated rings. The monoisotopic (exact) mass is 457 g/mol. The molecule has 33 heavy (non-hydrogen) atoms. The van der Waals surface area contributed by atoms with Gasteiger partial charge in [0, 0.05) is 24.7 Å². The molecule has 178 valence electrons. The van der Waals surface area contributed by atoms with E-state index in [9.17, 15) is 14.4 Å². The summed E-state index contributed by atoms with van der Waals surface area (Å²) < 4.78 is 22.7. The van der Waals surface area contributed by atoms with Gasteiger partial charge in [0.1, 0.15) is 5.82 Å². The lowest BCUT2D eigenvalue weighted by molar-refractivity contribution is -0.137. The number of ether oxygens (including phenoxy) is 1. The summed E-state index contributed by atoms with van der Waals surface area (Å²) in [4.78, 5) is 38.2. The van der Waals surface area contributed by atoms with E-state index in [-0.39, 0.29) is 30.6 Å². The van der Waals surface area contributed by atoms with Crippen molar-refractivity contribution in [2.24, 2.45) is 0 Å². The van der Waals surface area contributed by atoms with Crippen LogP contribution in [0.3, 0.4) is 0 Å². The van der Waals surface area contributed by atoms with Gasteiger partial charge in [-0.25, -0.2) is 14.0 Å². The second-order valence-electron chi connectivity index (χ2n) is 8.99. The number of carbonyl (C=O) groups is 1. The first-order valence-corrected chi connectivity index (χ1v) is 12.1. The average molecular weight is 458 g/mol. The van der Waals surface area contributed by atoms with E-state index >= 15 is 4.39 Å². The summed E-state index contributed by atoms with van der Waals surface area (Å²) in [5.74, 6) is -1.03. The highest BCUT2D eigenvalue weighted by molar-refractivity contribution is 5.83. The van der Waals surface area contributed by atoms with Crippen molar-refractivity contribution in [3.05, 3.63) is 50.9 Å². The molecule has 0 spiro atoms. The first-order valence-electron chi connectivity index (χ1n) is 12.1. The van der Waals surface area contributed by atoms with E-state index in [0.29, 0.717) is 11.2 Å². The molecule has 1 heterocycles. The van der Waals surface area contributed by atoms with E-state index in [0.717, 1.165) is 55.9 Å². The molecule has 1 N–H and O–H groups in total. The van der Waals surface area contributed by atoms with Crippen molar-refractivity contribution in [3.8, 4) is 0 Å². The summed E-state index contributed by atoms with van der Waals surface area (Å²) in [5, 5.41) is 3.49. The molecular formula is C25H32FN3O4. The molecule has 2 aliphatic rings. The second kappa shape index (κ2) is 10.4. The van der Waals surface area contributed by atoms with Crippen LogP contribution in [0.15, 0.2) is 33.9 Å². The van der Waals surface area contributed by atoms with Gasteiger partial charge in [-0.1, -0.05) is 38.2 Å². The van der Waals surface area contributed by atoms with Gasteiger partial charge < -0.3 is 10.1 Å². The van der Waals surface area contributed by atoms with Crippen LogP contribution in [0.1, 0.15) is 70.8 Å². The Morgan fingerprint density at radius 3 is 2.52 bits per heavy atom. The van der Waals surface area contributed by atoms with Crippen LogP contribution in [0.2, 0.25) is 0 Å². The molecule has 2 aliphatic carbocycles. The maximum Gasteiger partial charge on any atom is 0.332 e. The van der Waals surface area contributed by atoms with Crippen molar-refractivity contribution in [1.82, 2.24) is 9.13 Å². The Hall–Kier alpha value is -2.90. The summed E-state index contributed by atoms with van der Waals surface area (Å²) in [6.07, 6.45) is 11.7. The summed E-state index contributed by atoms with van der Waals surface area (Å²) in [6.45, 7) is 1.86. The molecule has 1 aromatic carbocycles. The van der Waals surface area contributed by atoms with Gasteiger partial charge in [0.25, 0.3) is 5.56 Å². The summed E-state index contributed by atoms with van der Waals surface area (Å²) >= 11 is 0. The van der Waals surface area contributed by atoms with Crippen LogP contribution in [-0.4, -0.2) is 27.8 Å². The van der Waals surface area contributed by atoms with Crippen molar-refractivity contribution in [2.45, 2.75) is 83.3 Å². The normalized spacial score (nSPS) is 17.8. The van der Waals surface area contributed by atoms with Crippen molar-refractivity contribution < 1.29 is 13.9 Å². The molecule has 2 aromatic rings. The van der Waals surface area contributed by atoms with E-state index in [1.54, 1.807) is 17.6 Å². The molecule has 0 atom stereocenters. The first-order chi connectivity index (χ1) is 16.0. The third-order valence-corrected chi connectivity index (χ3v) is 6.74. The molecule has 8 heteroatoms. The number of anilines is 1. The Balaban J connectivity index is 1.79. The lowest BCUT2D eigenvalue weighted by Gasteiger charge is -2.25. The lowest BCUT2D eigenvalue weighted by Crippen LogP contribution is -2.41. The Bertz CT molecular complexity index is 1150. The van der Waals surface area contributed by atoms with Gasteiger partial charge >= 0.3 is 11.7 Å². The van der Waals surface area contributed by atoms with E-state index in [1.165, 1.54) is 24.6 Å². The highest BCUT2D eigenvalue weighted by Gasteiger charge is 2.24. The number of hydrogen-bond donors (Lipinski definition) is 1. The predicted molar refractivity (Wildman–Crippen MR) is 126 cm³/mol. The average Bonchev–Trinajstić information content (AvgIpc) is 3.33. The summed E-state index contributed by atoms with van der Waals surface area (Å²) in [7, 11) is 0. The first kappa shape index (κ1) is 23.3. The lowest BCUT2D eigenvalue weighted by atomic mass is 9.95. The maximum atomic E-state index is 15.1. The van der Waals surface area contributed by atoms with Crippen molar-refractivity contribution >= 4 is 22.6 Å². The third-order valence-electron chi connectivity index (χ3n) is 6.74. The predicted octanol–water partition coefficient (Wildman–Crippen LogP) is 4.28. The zero-order valence-corrected chi connectivity index (χ0v) is 19.1. The van der Waals surface area contributed by atoms with Crippen molar-refractivity contribution in [2.75, 3.05) is 11.9 Å². The Labute approximate surface area is 192 Å². The largest absolute Gasteiger partial charge is 0.463 e. The quantitative estimate of drug-likeness (QED) is 0.496. The number of carbonyl (C=O) groups excluding carboxylic acids is 1. The Morgan fingerprint density at radius 2 is 1.82 bits per heavy atom. The van der Waals surface area contributed by atoms with E-state index in [2.05, 4.69) is 5.32 Å².